The van der Waals surface area contributed by atoms with Gasteiger partial charge < -0.3 is 4.55 Å². The highest BCUT2D eigenvalue weighted by atomic mass is 33.1. The lowest BCUT2D eigenvalue weighted by atomic mass is 10.9. The molecule has 4 heteroatoms. The van der Waals surface area contributed by atoms with Crippen LogP contribution in [0.4, 0.5) is 0 Å². The Bertz CT molecular complexity index is 103. The standard InChI is InChI=1S/C3H5NOS2/c1-3-4-2-7(5)6-3/h2H2,1H3. The van der Waals surface area contributed by atoms with Crippen molar-refractivity contribution >= 4 is 26.0 Å². The average Bonchev–Trinajstić information content (AvgIpc) is 1.87. The predicted octanol–water partition coefficient (Wildman–Crippen LogP) is 0.773. The van der Waals surface area contributed by atoms with Gasteiger partial charge in [0.25, 0.3) is 0 Å². The summed E-state index contributed by atoms with van der Waals surface area (Å²) in [5.74, 6) is 0.497. The van der Waals surface area contributed by atoms with Crippen molar-refractivity contribution in [1.29, 1.82) is 0 Å². The molecule has 0 aliphatic carbocycles. The second-order valence-electron chi connectivity index (χ2n) is 1.19. The summed E-state index contributed by atoms with van der Waals surface area (Å²) in [4.78, 5) is 3.90. The molecule has 0 saturated heterocycles. The van der Waals surface area contributed by atoms with Gasteiger partial charge in [0.2, 0.25) is 5.88 Å². The molecular formula is C3H5NOS2. The molecule has 1 rings (SSSR count). The van der Waals surface area contributed by atoms with Crippen LogP contribution >= 0.6 is 10.8 Å². The molecule has 40 valence electrons. The molecule has 0 aromatic carbocycles. The molecule has 0 aromatic heterocycles. The van der Waals surface area contributed by atoms with Crippen LogP contribution in [-0.2, 0) is 10.2 Å². The Morgan fingerprint density at radius 1 is 2.00 bits per heavy atom. The molecule has 0 spiro atoms. The average molecular weight is 135 g/mol. The van der Waals surface area contributed by atoms with Crippen LogP contribution in [0.1, 0.15) is 6.92 Å². The fourth-order valence-corrected chi connectivity index (χ4v) is 2.43. The second-order valence-corrected chi connectivity index (χ2v) is 4.43. The third kappa shape index (κ3) is 1.36. The topological polar surface area (TPSA) is 35.4 Å². The molecule has 0 bridgehead atoms. The molecule has 0 radical (unpaired) electrons. The van der Waals surface area contributed by atoms with Gasteiger partial charge in [-0.3, -0.25) is 0 Å². The minimum absolute atomic E-state index is 0.497. The van der Waals surface area contributed by atoms with Crippen molar-refractivity contribution < 1.29 is 4.55 Å². The maximum absolute atomic E-state index is 10.4. The first-order chi connectivity index (χ1) is 3.29. The maximum Gasteiger partial charge on any atom is 0.209 e. The van der Waals surface area contributed by atoms with E-state index in [1.54, 1.807) is 0 Å². The lowest BCUT2D eigenvalue weighted by Gasteiger charge is -1.92. The highest BCUT2D eigenvalue weighted by Crippen LogP contribution is 2.21. The molecule has 0 fully saturated rings. The molecule has 1 unspecified atom stereocenters. The normalized spacial score (nSPS) is 30.6. The minimum Gasteiger partial charge on any atom is -0.603 e. The molecular weight excluding hydrogens is 130 g/mol. The van der Waals surface area contributed by atoms with Gasteiger partial charge in [0.15, 0.2) is 0 Å². The summed E-state index contributed by atoms with van der Waals surface area (Å²) in [6, 6.07) is 0. The molecule has 0 N–H and O–H groups in total. The van der Waals surface area contributed by atoms with Crippen LogP contribution in [0.5, 0.6) is 0 Å². The molecule has 0 saturated carbocycles. The summed E-state index contributed by atoms with van der Waals surface area (Å²) >= 11 is 0. The van der Waals surface area contributed by atoms with Crippen LogP contribution in [0.2, 0.25) is 0 Å². The predicted molar refractivity (Wildman–Crippen MR) is 33.7 cm³/mol. The third-order valence-electron chi connectivity index (χ3n) is 0.606. The van der Waals surface area contributed by atoms with Crippen LogP contribution in [0.25, 0.3) is 0 Å². The quantitative estimate of drug-likeness (QED) is 0.363. The van der Waals surface area contributed by atoms with E-state index in [1.165, 1.54) is 10.8 Å². The van der Waals surface area contributed by atoms with E-state index in [0.717, 1.165) is 5.04 Å². The van der Waals surface area contributed by atoms with Crippen LogP contribution in [0.3, 0.4) is 0 Å². The van der Waals surface area contributed by atoms with E-state index < -0.39 is 10.2 Å². The summed E-state index contributed by atoms with van der Waals surface area (Å²) in [5, 5.41) is 0.943. The molecule has 1 aliphatic rings. The van der Waals surface area contributed by atoms with Crippen molar-refractivity contribution in [3.8, 4) is 0 Å². The highest BCUT2D eigenvalue weighted by molar-refractivity contribution is 8.78. The van der Waals surface area contributed by atoms with Crippen LogP contribution < -0.4 is 0 Å². The first-order valence-electron chi connectivity index (χ1n) is 1.87. The molecule has 1 aliphatic heterocycles. The Kier molecular flexibility index (Phi) is 1.61. The van der Waals surface area contributed by atoms with Crippen molar-refractivity contribution in [3.05, 3.63) is 0 Å². The fraction of sp³-hybridized carbons (Fsp3) is 0.667. The smallest absolute Gasteiger partial charge is 0.209 e. The number of hydrogen-bond acceptors (Lipinski definition) is 3. The summed E-state index contributed by atoms with van der Waals surface area (Å²) in [7, 11) is 0.603. The Balaban J connectivity index is 2.42. The van der Waals surface area contributed by atoms with E-state index >= 15 is 0 Å². The first kappa shape index (κ1) is 5.47. The van der Waals surface area contributed by atoms with Crippen molar-refractivity contribution in [2.24, 2.45) is 4.99 Å². The lowest BCUT2D eigenvalue weighted by Crippen LogP contribution is -1.89. The van der Waals surface area contributed by atoms with Gasteiger partial charge in [-0.2, -0.15) is 0 Å². The van der Waals surface area contributed by atoms with Gasteiger partial charge in [-0.05, 0) is 6.92 Å². The number of rotatable bonds is 0. The highest BCUT2D eigenvalue weighted by Gasteiger charge is 2.16. The SMILES string of the molecule is CC1=NC[S+]([O-])S1. The van der Waals surface area contributed by atoms with E-state index in [4.69, 9.17) is 0 Å². The van der Waals surface area contributed by atoms with Crippen LogP contribution in [-0.4, -0.2) is 15.5 Å². The van der Waals surface area contributed by atoms with Gasteiger partial charge >= 0.3 is 0 Å². The van der Waals surface area contributed by atoms with Crippen molar-refractivity contribution in [2.45, 2.75) is 6.92 Å². The fourth-order valence-electron chi connectivity index (χ4n) is 0.331. The van der Waals surface area contributed by atoms with E-state index in [0.29, 0.717) is 5.88 Å². The van der Waals surface area contributed by atoms with Gasteiger partial charge in [-0.15, -0.1) is 0 Å². The molecule has 0 aromatic rings. The van der Waals surface area contributed by atoms with Crippen LogP contribution in [0.15, 0.2) is 4.99 Å². The Hall–Kier alpha value is 0.330. The molecule has 1 heterocycles. The Morgan fingerprint density at radius 3 is 2.86 bits per heavy atom. The number of aliphatic imine (C=N–C) groups is 1. The lowest BCUT2D eigenvalue weighted by molar-refractivity contribution is 0.610. The zero-order valence-electron chi connectivity index (χ0n) is 3.88. The molecule has 2 nitrogen and oxygen atoms in total. The Labute approximate surface area is 49.0 Å². The van der Waals surface area contributed by atoms with Crippen molar-refractivity contribution in [2.75, 3.05) is 5.88 Å². The number of hydrogen-bond donors (Lipinski definition) is 0. The largest absolute Gasteiger partial charge is 0.603 e. The summed E-state index contributed by atoms with van der Waals surface area (Å²) in [6.07, 6.45) is 0. The van der Waals surface area contributed by atoms with Gasteiger partial charge in [-0.1, -0.05) is 0 Å². The molecule has 7 heavy (non-hydrogen) atoms. The second kappa shape index (κ2) is 2.07. The van der Waals surface area contributed by atoms with E-state index in [-0.39, 0.29) is 0 Å². The Morgan fingerprint density at radius 2 is 2.71 bits per heavy atom. The van der Waals surface area contributed by atoms with Crippen molar-refractivity contribution in [3.63, 3.8) is 0 Å². The van der Waals surface area contributed by atoms with E-state index in [2.05, 4.69) is 4.99 Å². The summed E-state index contributed by atoms with van der Waals surface area (Å²) in [6.45, 7) is 1.87. The van der Waals surface area contributed by atoms with E-state index in [1.807, 2.05) is 6.92 Å². The van der Waals surface area contributed by atoms with Crippen LogP contribution in [0, 0.1) is 0 Å². The van der Waals surface area contributed by atoms with Gasteiger partial charge in [0.05, 0.1) is 0 Å². The zero-order valence-corrected chi connectivity index (χ0v) is 5.51. The first-order valence-corrected chi connectivity index (χ1v) is 4.52. The monoisotopic (exact) mass is 135 g/mol. The summed E-state index contributed by atoms with van der Waals surface area (Å²) in [5.41, 5.74) is 0. The molecule has 1 atom stereocenters. The summed E-state index contributed by atoms with van der Waals surface area (Å²) < 4.78 is 10.4. The van der Waals surface area contributed by atoms with Gasteiger partial charge in [-0.25, -0.2) is 4.99 Å². The zero-order chi connectivity index (χ0) is 5.28. The number of nitrogens with zero attached hydrogens (tertiary/aromatic N) is 1. The molecule has 0 amide bonds. The van der Waals surface area contributed by atoms with Gasteiger partial charge in [0.1, 0.15) is 15.8 Å². The van der Waals surface area contributed by atoms with E-state index in [9.17, 15) is 4.55 Å². The third-order valence-corrected chi connectivity index (χ3v) is 3.10. The maximum atomic E-state index is 10.4. The van der Waals surface area contributed by atoms with Crippen molar-refractivity contribution in [1.82, 2.24) is 0 Å². The minimum atomic E-state index is -0.740. The van der Waals surface area contributed by atoms with Gasteiger partial charge in [0, 0.05) is 10.2 Å².